The average Bonchev–Trinajstić information content (AvgIpc) is 2.60. The van der Waals surface area contributed by atoms with Crippen molar-refractivity contribution in [3.05, 3.63) is 51.5 Å². The van der Waals surface area contributed by atoms with Gasteiger partial charge in [-0.3, -0.25) is 14.5 Å². The van der Waals surface area contributed by atoms with Gasteiger partial charge < -0.3 is 15.4 Å². The first kappa shape index (κ1) is 22.7. The number of ether oxygens (including phenoxy) is 1. The Balaban J connectivity index is 1.95. The van der Waals surface area contributed by atoms with Gasteiger partial charge in [0.15, 0.2) is 0 Å². The Morgan fingerprint density at radius 1 is 0.931 bits per heavy atom. The molecule has 6 nitrogen and oxygen atoms in total. The van der Waals surface area contributed by atoms with Crippen LogP contribution in [0.25, 0.3) is 0 Å². The zero-order valence-electron chi connectivity index (χ0n) is 17.8. The molecule has 2 N–H and O–H groups in total. The van der Waals surface area contributed by atoms with Crippen molar-refractivity contribution in [3.8, 4) is 5.75 Å². The summed E-state index contributed by atoms with van der Waals surface area (Å²) in [5.41, 5.74) is 5.38. The summed E-state index contributed by atoms with van der Waals surface area (Å²) in [4.78, 5) is 26.5. The lowest BCUT2D eigenvalue weighted by atomic mass is 10.1. The first-order valence-corrected chi connectivity index (χ1v) is 9.68. The van der Waals surface area contributed by atoms with Gasteiger partial charge in [-0.25, -0.2) is 0 Å². The van der Waals surface area contributed by atoms with E-state index in [4.69, 9.17) is 16.3 Å². The molecule has 29 heavy (non-hydrogen) atoms. The van der Waals surface area contributed by atoms with Crippen LogP contribution in [0.5, 0.6) is 5.75 Å². The van der Waals surface area contributed by atoms with Gasteiger partial charge in [-0.2, -0.15) is 0 Å². The molecule has 0 aliphatic heterocycles. The van der Waals surface area contributed by atoms with Gasteiger partial charge in [-0.05, 0) is 57.5 Å². The molecule has 0 heterocycles. The fourth-order valence-corrected chi connectivity index (χ4v) is 3.38. The van der Waals surface area contributed by atoms with Gasteiger partial charge in [0.2, 0.25) is 11.8 Å². The highest BCUT2D eigenvalue weighted by Crippen LogP contribution is 2.30. The maximum Gasteiger partial charge on any atom is 0.238 e. The third kappa shape index (κ3) is 6.21. The number of aryl methyl sites for hydroxylation is 4. The van der Waals surface area contributed by atoms with Crippen LogP contribution in [0.4, 0.5) is 11.4 Å². The van der Waals surface area contributed by atoms with Gasteiger partial charge in [-0.15, -0.1) is 0 Å². The number of halogens is 1. The van der Waals surface area contributed by atoms with Crippen molar-refractivity contribution in [1.29, 1.82) is 0 Å². The molecular weight excluding hydrogens is 390 g/mol. The molecule has 0 atom stereocenters. The third-order valence-corrected chi connectivity index (χ3v) is 4.93. The van der Waals surface area contributed by atoms with Crippen LogP contribution in [0.2, 0.25) is 5.02 Å². The van der Waals surface area contributed by atoms with Crippen LogP contribution in [0.1, 0.15) is 22.3 Å². The largest absolute Gasteiger partial charge is 0.495 e. The molecule has 2 rings (SSSR count). The fraction of sp³-hybridized carbons (Fsp3) is 0.364. The maximum atomic E-state index is 12.4. The van der Waals surface area contributed by atoms with Crippen molar-refractivity contribution in [2.45, 2.75) is 27.7 Å². The van der Waals surface area contributed by atoms with E-state index in [9.17, 15) is 9.59 Å². The van der Waals surface area contributed by atoms with Crippen molar-refractivity contribution in [2.24, 2.45) is 0 Å². The second kappa shape index (κ2) is 9.76. The summed E-state index contributed by atoms with van der Waals surface area (Å²) >= 11 is 6.09. The van der Waals surface area contributed by atoms with Crippen molar-refractivity contribution in [3.63, 3.8) is 0 Å². The predicted octanol–water partition coefficient (Wildman–Crippen LogP) is 4.09. The standard InChI is InChI=1S/C22H28ClN3O3/c1-13-7-15(3)22(16(4)8-13)25-21(28)12-26(5)11-20(27)24-18-9-14(2)17(23)10-19(18)29-6/h7-10H,11-12H2,1-6H3,(H,24,27)(H,25,28). The third-order valence-electron chi connectivity index (χ3n) is 4.52. The second-order valence-corrected chi connectivity index (χ2v) is 7.75. The number of likely N-dealkylation sites (N-methyl/N-ethyl adjacent to an activating group) is 1. The summed E-state index contributed by atoms with van der Waals surface area (Å²) in [7, 11) is 3.24. The van der Waals surface area contributed by atoms with E-state index in [-0.39, 0.29) is 24.9 Å². The van der Waals surface area contributed by atoms with Crippen LogP contribution >= 0.6 is 11.6 Å². The normalized spacial score (nSPS) is 10.8. The molecule has 0 aliphatic carbocycles. The van der Waals surface area contributed by atoms with E-state index in [1.807, 2.05) is 39.8 Å². The lowest BCUT2D eigenvalue weighted by molar-refractivity contribution is -0.119. The second-order valence-electron chi connectivity index (χ2n) is 7.34. The Morgan fingerprint density at radius 2 is 1.48 bits per heavy atom. The molecular formula is C22H28ClN3O3. The van der Waals surface area contributed by atoms with E-state index in [0.717, 1.165) is 27.9 Å². The molecule has 2 aromatic carbocycles. The van der Waals surface area contributed by atoms with E-state index < -0.39 is 0 Å². The number of amides is 2. The topological polar surface area (TPSA) is 70.7 Å². The van der Waals surface area contributed by atoms with Crippen molar-refractivity contribution >= 4 is 34.8 Å². The molecule has 0 unspecified atom stereocenters. The number of hydrogen-bond acceptors (Lipinski definition) is 4. The van der Waals surface area contributed by atoms with E-state index in [1.54, 1.807) is 24.1 Å². The summed E-state index contributed by atoms with van der Waals surface area (Å²) in [6, 6.07) is 7.48. The molecule has 0 bridgehead atoms. The van der Waals surface area contributed by atoms with Crippen LogP contribution in [-0.2, 0) is 9.59 Å². The van der Waals surface area contributed by atoms with Crippen LogP contribution in [0.3, 0.4) is 0 Å². The van der Waals surface area contributed by atoms with Crippen molar-refractivity contribution in [1.82, 2.24) is 4.90 Å². The van der Waals surface area contributed by atoms with Gasteiger partial charge in [0.05, 0.1) is 25.9 Å². The quantitative estimate of drug-likeness (QED) is 0.711. The lowest BCUT2D eigenvalue weighted by Crippen LogP contribution is -2.36. The SMILES string of the molecule is COc1cc(Cl)c(C)cc1NC(=O)CN(C)CC(=O)Nc1c(C)cc(C)cc1C. The first-order chi connectivity index (χ1) is 13.6. The number of carbonyl (C=O) groups is 2. The molecule has 0 saturated heterocycles. The van der Waals surface area contributed by atoms with Gasteiger partial charge in [0.1, 0.15) is 5.75 Å². The van der Waals surface area contributed by atoms with Crippen molar-refractivity contribution in [2.75, 3.05) is 37.9 Å². The number of nitrogens with one attached hydrogen (secondary N) is 2. The predicted molar refractivity (Wildman–Crippen MR) is 118 cm³/mol. The summed E-state index contributed by atoms with van der Waals surface area (Å²) in [6.07, 6.45) is 0. The monoisotopic (exact) mass is 417 g/mol. The molecule has 0 radical (unpaired) electrons. The summed E-state index contributed by atoms with van der Waals surface area (Å²) < 4.78 is 5.27. The average molecular weight is 418 g/mol. The minimum absolute atomic E-state index is 0.0596. The fourth-order valence-electron chi connectivity index (χ4n) is 3.22. The number of hydrogen-bond donors (Lipinski definition) is 2. The van der Waals surface area contributed by atoms with Crippen LogP contribution in [0.15, 0.2) is 24.3 Å². The van der Waals surface area contributed by atoms with E-state index >= 15 is 0 Å². The smallest absolute Gasteiger partial charge is 0.238 e. The number of anilines is 2. The highest BCUT2D eigenvalue weighted by Gasteiger charge is 2.15. The molecule has 2 aromatic rings. The van der Waals surface area contributed by atoms with E-state index in [0.29, 0.717) is 16.5 Å². The number of carbonyl (C=O) groups excluding carboxylic acids is 2. The van der Waals surface area contributed by atoms with Gasteiger partial charge in [0.25, 0.3) is 0 Å². The molecule has 0 saturated carbocycles. The molecule has 2 amide bonds. The summed E-state index contributed by atoms with van der Waals surface area (Å²) in [5.74, 6) is 0.0676. The molecule has 0 aromatic heterocycles. The highest BCUT2D eigenvalue weighted by molar-refractivity contribution is 6.31. The Morgan fingerprint density at radius 3 is 2.03 bits per heavy atom. The summed E-state index contributed by atoms with van der Waals surface area (Å²) in [6.45, 7) is 7.96. The van der Waals surface area contributed by atoms with Crippen LogP contribution < -0.4 is 15.4 Å². The molecule has 0 spiro atoms. The minimum Gasteiger partial charge on any atom is -0.495 e. The summed E-state index contributed by atoms with van der Waals surface area (Å²) in [5, 5.41) is 6.32. The van der Waals surface area contributed by atoms with Gasteiger partial charge in [0, 0.05) is 16.8 Å². The Hall–Kier alpha value is -2.57. The maximum absolute atomic E-state index is 12.4. The highest BCUT2D eigenvalue weighted by atomic mass is 35.5. The van der Waals surface area contributed by atoms with Gasteiger partial charge >= 0.3 is 0 Å². The number of rotatable bonds is 7. The molecule has 7 heteroatoms. The van der Waals surface area contributed by atoms with Gasteiger partial charge in [-0.1, -0.05) is 29.3 Å². The molecule has 156 valence electrons. The van der Waals surface area contributed by atoms with Crippen LogP contribution in [-0.4, -0.2) is 44.0 Å². The Bertz CT molecular complexity index is 905. The van der Waals surface area contributed by atoms with E-state index in [1.165, 1.54) is 7.11 Å². The van der Waals surface area contributed by atoms with Crippen LogP contribution in [0, 0.1) is 27.7 Å². The number of benzene rings is 2. The first-order valence-electron chi connectivity index (χ1n) is 9.31. The number of methoxy groups -OCH3 is 1. The zero-order valence-corrected chi connectivity index (χ0v) is 18.5. The van der Waals surface area contributed by atoms with E-state index in [2.05, 4.69) is 10.6 Å². The number of nitrogens with zero attached hydrogens (tertiary/aromatic N) is 1. The zero-order chi connectivity index (χ0) is 21.7. The Kier molecular flexibility index (Phi) is 7.65. The Labute approximate surface area is 177 Å². The van der Waals surface area contributed by atoms with Crippen molar-refractivity contribution < 1.29 is 14.3 Å². The minimum atomic E-state index is -0.247. The molecule has 0 fully saturated rings. The molecule has 0 aliphatic rings. The lowest BCUT2D eigenvalue weighted by Gasteiger charge is -2.18.